The molecule has 0 aliphatic rings. The summed E-state index contributed by atoms with van der Waals surface area (Å²) < 4.78 is 10.6. The van der Waals surface area contributed by atoms with Crippen molar-refractivity contribution in [2.75, 3.05) is 13.2 Å². The van der Waals surface area contributed by atoms with Gasteiger partial charge in [-0.15, -0.1) is 0 Å². The van der Waals surface area contributed by atoms with Crippen molar-refractivity contribution in [2.45, 2.75) is 225 Å². The number of hydrogen-bond acceptors (Lipinski definition) is 5. The van der Waals surface area contributed by atoms with Gasteiger partial charge in [0.1, 0.15) is 6.61 Å². The van der Waals surface area contributed by atoms with Crippen LogP contribution in [0.2, 0.25) is 0 Å². The van der Waals surface area contributed by atoms with Crippen molar-refractivity contribution < 1.29 is 24.2 Å². The van der Waals surface area contributed by atoms with E-state index < -0.39 is 6.10 Å². The van der Waals surface area contributed by atoms with Gasteiger partial charge < -0.3 is 14.6 Å². The van der Waals surface area contributed by atoms with E-state index in [0.29, 0.717) is 12.8 Å². The molecule has 5 heteroatoms. The summed E-state index contributed by atoms with van der Waals surface area (Å²) in [6.45, 7) is 4.12. The van der Waals surface area contributed by atoms with Crippen LogP contribution in [0.5, 0.6) is 0 Å². The highest BCUT2D eigenvalue weighted by Gasteiger charge is 2.16. The van der Waals surface area contributed by atoms with E-state index in [1.54, 1.807) is 0 Å². The number of allylic oxidation sites excluding steroid dienone is 4. The Labute approximate surface area is 298 Å². The Morgan fingerprint density at radius 1 is 0.479 bits per heavy atom. The molecule has 0 aromatic heterocycles. The minimum atomic E-state index is -0.770. The van der Waals surface area contributed by atoms with Gasteiger partial charge in [0.25, 0.3) is 0 Å². The Bertz CT molecular complexity index is 731. The van der Waals surface area contributed by atoms with Crippen LogP contribution in [0.1, 0.15) is 219 Å². The van der Waals surface area contributed by atoms with E-state index in [2.05, 4.69) is 38.2 Å². The summed E-state index contributed by atoms with van der Waals surface area (Å²) in [6.07, 6.45) is 46.7. The van der Waals surface area contributed by atoms with Gasteiger partial charge in [0.2, 0.25) is 0 Å². The van der Waals surface area contributed by atoms with Gasteiger partial charge in [0, 0.05) is 12.8 Å². The predicted octanol–water partition coefficient (Wildman–Crippen LogP) is 13.1. The average Bonchev–Trinajstić information content (AvgIpc) is 3.09. The van der Waals surface area contributed by atoms with Crippen molar-refractivity contribution in [1.82, 2.24) is 0 Å². The Morgan fingerprint density at radius 2 is 0.833 bits per heavy atom. The van der Waals surface area contributed by atoms with Crippen LogP contribution in [0.25, 0.3) is 0 Å². The highest BCUT2D eigenvalue weighted by molar-refractivity contribution is 5.70. The van der Waals surface area contributed by atoms with Crippen molar-refractivity contribution in [3.8, 4) is 0 Å². The summed E-state index contributed by atoms with van der Waals surface area (Å²) in [7, 11) is 0. The van der Waals surface area contributed by atoms with Crippen LogP contribution in [-0.2, 0) is 19.1 Å². The van der Waals surface area contributed by atoms with E-state index >= 15 is 0 Å². The maximum absolute atomic E-state index is 12.2. The normalized spacial score (nSPS) is 12.3. The minimum absolute atomic E-state index is 0.0645. The number of esters is 2. The summed E-state index contributed by atoms with van der Waals surface area (Å²) in [5.41, 5.74) is 0. The van der Waals surface area contributed by atoms with Gasteiger partial charge in [0.15, 0.2) is 6.10 Å². The van der Waals surface area contributed by atoms with Crippen molar-refractivity contribution in [3.05, 3.63) is 24.3 Å². The summed E-state index contributed by atoms with van der Waals surface area (Å²) >= 11 is 0. The molecule has 0 saturated carbocycles. The SMILES string of the molecule is CCCCC/C=C/C/C=C/CCCCCCCCCC(=O)O[C@@H](CO)COC(=O)CCCCCCCCCCCCCCCCCCC. The number of aliphatic hydroxyl groups excluding tert-OH is 1. The molecule has 48 heavy (non-hydrogen) atoms. The average molecular weight is 677 g/mol. The fourth-order valence-electron chi connectivity index (χ4n) is 6.06. The topological polar surface area (TPSA) is 72.8 Å². The summed E-state index contributed by atoms with van der Waals surface area (Å²) in [5, 5.41) is 9.56. The number of aliphatic hydroxyl groups is 1. The lowest BCUT2D eigenvalue weighted by molar-refractivity contribution is -0.161. The first-order valence-corrected chi connectivity index (χ1v) is 20.9. The molecule has 1 N–H and O–H groups in total. The summed E-state index contributed by atoms with van der Waals surface area (Å²) in [5.74, 6) is -0.590. The van der Waals surface area contributed by atoms with Gasteiger partial charge in [0.05, 0.1) is 6.61 Å². The molecule has 0 saturated heterocycles. The predicted molar refractivity (Wildman–Crippen MR) is 205 cm³/mol. The van der Waals surface area contributed by atoms with Crippen LogP contribution in [0.15, 0.2) is 24.3 Å². The molecule has 0 aromatic carbocycles. The van der Waals surface area contributed by atoms with Gasteiger partial charge in [-0.1, -0.05) is 186 Å². The van der Waals surface area contributed by atoms with Crippen LogP contribution in [0.4, 0.5) is 0 Å². The van der Waals surface area contributed by atoms with Gasteiger partial charge in [-0.2, -0.15) is 0 Å². The molecule has 0 bridgehead atoms. The third-order valence-corrected chi connectivity index (χ3v) is 9.25. The van der Waals surface area contributed by atoms with Crippen molar-refractivity contribution >= 4 is 11.9 Å². The Kier molecular flexibility index (Phi) is 38.5. The molecule has 0 amide bonds. The van der Waals surface area contributed by atoms with Crippen molar-refractivity contribution in [2.24, 2.45) is 0 Å². The molecule has 5 nitrogen and oxygen atoms in total. The monoisotopic (exact) mass is 677 g/mol. The zero-order valence-corrected chi connectivity index (χ0v) is 32.0. The maximum atomic E-state index is 12.2. The quantitative estimate of drug-likeness (QED) is 0.0400. The van der Waals surface area contributed by atoms with E-state index in [1.165, 1.54) is 141 Å². The molecule has 0 radical (unpaired) electrons. The van der Waals surface area contributed by atoms with E-state index in [4.69, 9.17) is 9.47 Å². The number of ether oxygens (including phenoxy) is 2. The Morgan fingerprint density at radius 3 is 1.27 bits per heavy atom. The van der Waals surface area contributed by atoms with Crippen LogP contribution in [-0.4, -0.2) is 36.4 Å². The molecule has 0 aliphatic carbocycles. The number of carbonyl (C=O) groups is 2. The first-order chi connectivity index (χ1) is 23.6. The molecule has 0 aliphatic heterocycles. The summed E-state index contributed by atoms with van der Waals surface area (Å²) in [4.78, 5) is 24.3. The lowest BCUT2D eigenvalue weighted by Gasteiger charge is -2.15. The largest absolute Gasteiger partial charge is 0.462 e. The highest BCUT2D eigenvalue weighted by Crippen LogP contribution is 2.15. The third-order valence-electron chi connectivity index (χ3n) is 9.25. The van der Waals surface area contributed by atoms with Gasteiger partial charge in [-0.3, -0.25) is 9.59 Å². The van der Waals surface area contributed by atoms with Gasteiger partial charge in [-0.25, -0.2) is 0 Å². The summed E-state index contributed by atoms with van der Waals surface area (Å²) in [6, 6.07) is 0. The van der Waals surface area contributed by atoms with Crippen LogP contribution < -0.4 is 0 Å². The number of hydrogen-bond donors (Lipinski definition) is 1. The van der Waals surface area contributed by atoms with E-state index in [-0.39, 0.29) is 25.2 Å². The van der Waals surface area contributed by atoms with Crippen molar-refractivity contribution in [1.29, 1.82) is 0 Å². The second kappa shape index (κ2) is 39.8. The molecule has 282 valence electrons. The second-order valence-electron chi connectivity index (χ2n) is 14.1. The third kappa shape index (κ3) is 37.2. The van der Waals surface area contributed by atoms with Crippen molar-refractivity contribution in [3.63, 3.8) is 0 Å². The van der Waals surface area contributed by atoms with Crippen LogP contribution in [0.3, 0.4) is 0 Å². The first-order valence-electron chi connectivity index (χ1n) is 20.9. The lowest BCUT2D eigenvalue weighted by atomic mass is 10.0. The fourth-order valence-corrected chi connectivity index (χ4v) is 6.06. The molecule has 1 atom stereocenters. The minimum Gasteiger partial charge on any atom is -0.462 e. The highest BCUT2D eigenvalue weighted by atomic mass is 16.6. The zero-order valence-electron chi connectivity index (χ0n) is 32.0. The fraction of sp³-hybridized carbons (Fsp3) is 0.860. The second-order valence-corrected chi connectivity index (χ2v) is 14.1. The Hall–Kier alpha value is -1.62. The smallest absolute Gasteiger partial charge is 0.306 e. The molecular formula is C43H80O5. The van der Waals surface area contributed by atoms with E-state index in [1.807, 2.05) is 0 Å². The number of rotatable bonds is 38. The molecule has 0 rings (SSSR count). The molecule has 0 fully saturated rings. The number of unbranched alkanes of at least 4 members (excludes halogenated alkanes) is 26. The van der Waals surface area contributed by atoms with Gasteiger partial charge >= 0.3 is 11.9 Å². The van der Waals surface area contributed by atoms with Crippen LogP contribution >= 0.6 is 0 Å². The van der Waals surface area contributed by atoms with Crippen LogP contribution in [0, 0.1) is 0 Å². The molecule has 0 unspecified atom stereocenters. The molecule has 0 spiro atoms. The maximum Gasteiger partial charge on any atom is 0.306 e. The molecule has 0 heterocycles. The standard InChI is InChI=1S/C43H80O5/c1-3-5-7-9-11-13-15-17-19-21-23-25-27-29-31-33-35-37-42(45)47-40-41(39-44)48-43(46)38-36-34-32-30-28-26-24-22-20-18-16-14-12-10-8-6-4-2/h12,14,18,20,41,44H,3-11,13,15-17,19,21-40H2,1-2H3/b14-12+,20-18+/t41-/m0/s1. The van der Waals surface area contributed by atoms with E-state index in [0.717, 1.165) is 51.4 Å². The molecule has 0 aromatic rings. The first kappa shape index (κ1) is 46.4. The van der Waals surface area contributed by atoms with Gasteiger partial charge in [-0.05, 0) is 44.9 Å². The Balaban J connectivity index is 3.52. The van der Waals surface area contributed by atoms with E-state index in [9.17, 15) is 14.7 Å². The zero-order chi connectivity index (χ0) is 35.0. The molecular weight excluding hydrogens is 596 g/mol. The lowest BCUT2D eigenvalue weighted by Crippen LogP contribution is -2.28. The number of carbonyl (C=O) groups excluding carboxylic acids is 2.